The lowest BCUT2D eigenvalue weighted by molar-refractivity contribution is -0.159. The molecule has 0 fully saturated rings. The third-order valence-corrected chi connectivity index (χ3v) is 4.04. The van der Waals surface area contributed by atoms with E-state index in [9.17, 15) is 14.0 Å². The van der Waals surface area contributed by atoms with Crippen molar-refractivity contribution in [3.8, 4) is 0 Å². The van der Waals surface area contributed by atoms with Gasteiger partial charge in [-0.25, -0.2) is 4.39 Å². The molecule has 2 aromatic rings. The van der Waals surface area contributed by atoms with Gasteiger partial charge >= 0.3 is 5.97 Å². The maximum atomic E-state index is 12.9. The van der Waals surface area contributed by atoms with Gasteiger partial charge in [0.25, 0.3) is 5.91 Å². The second-order valence-electron chi connectivity index (χ2n) is 6.38. The molecule has 2 rings (SSSR count). The monoisotopic (exact) mass is 343 g/mol. The first kappa shape index (κ1) is 18.6. The van der Waals surface area contributed by atoms with E-state index in [1.807, 2.05) is 30.3 Å². The molecule has 0 aliphatic carbocycles. The zero-order chi connectivity index (χ0) is 18.4. The van der Waals surface area contributed by atoms with Crippen LogP contribution in [-0.4, -0.2) is 18.0 Å². The Hall–Kier alpha value is -2.69. The minimum Gasteiger partial charge on any atom is -0.452 e. The minimum absolute atomic E-state index is 0.239. The summed E-state index contributed by atoms with van der Waals surface area (Å²) in [4.78, 5) is 24.6. The van der Waals surface area contributed by atoms with Crippen LogP contribution in [0, 0.1) is 5.82 Å². The van der Waals surface area contributed by atoms with Gasteiger partial charge < -0.3 is 10.1 Å². The number of halogens is 1. The predicted molar refractivity (Wildman–Crippen MR) is 93.3 cm³/mol. The number of carbonyl (C=O) groups excluding carboxylic acids is 2. The Morgan fingerprint density at radius 3 is 2.28 bits per heavy atom. The first-order chi connectivity index (χ1) is 11.8. The lowest BCUT2D eigenvalue weighted by Gasteiger charge is -2.25. The van der Waals surface area contributed by atoms with Gasteiger partial charge in [-0.3, -0.25) is 9.59 Å². The fraction of sp³-hybridized carbons (Fsp3) is 0.300. The molecule has 0 unspecified atom stereocenters. The Balaban J connectivity index is 1.91. The van der Waals surface area contributed by atoms with E-state index in [0.717, 1.165) is 11.1 Å². The summed E-state index contributed by atoms with van der Waals surface area (Å²) in [7, 11) is 0. The van der Waals surface area contributed by atoms with E-state index in [-0.39, 0.29) is 12.4 Å². The van der Waals surface area contributed by atoms with Crippen molar-refractivity contribution in [3.05, 3.63) is 71.5 Å². The zero-order valence-corrected chi connectivity index (χ0v) is 14.6. The summed E-state index contributed by atoms with van der Waals surface area (Å²) in [6, 6.07) is 15.1. The number of hydrogen-bond acceptors (Lipinski definition) is 3. The van der Waals surface area contributed by atoms with Crippen molar-refractivity contribution < 1.29 is 18.7 Å². The molecule has 0 saturated carbocycles. The smallest absolute Gasteiger partial charge is 0.316 e. The van der Waals surface area contributed by atoms with Crippen LogP contribution in [0.5, 0.6) is 0 Å². The molecule has 25 heavy (non-hydrogen) atoms. The van der Waals surface area contributed by atoms with Crippen LogP contribution >= 0.6 is 0 Å². The van der Waals surface area contributed by atoms with Crippen LogP contribution in [0.25, 0.3) is 0 Å². The van der Waals surface area contributed by atoms with Crippen LogP contribution in [0.3, 0.4) is 0 Å². The van der Waals surface area contributed by atoms with Crippen molar-refractivity contribution in [1.29, 1.82) is 0 Å². The Bertz CT molecular complexity index is 726. The number of hydrogen-bond donors (Lipinski definition) is 1. The molecule has 0 aliphatic heterocycles. The van der Waals surface area contributed by atoms with Gasteiger partial charge in [-0.1, -0.05) is 42.5 Å². The van der Waals surface area contributed by atoms with E-state index < -0.39 is 23.4 Å². The van der Waals surface area contributed by atoms with Crippen molar-refractivity contribution in [2.24, 2.45) is 0 Å². The Labute approximate surface area is 147 Å². The summed E-state index contributed by atoms with van der Waals surface area (Å²) >= 11 is 0. The molecule has 1 N–H and O–H groups in total. The first-order valence-corrected chi connectivity index (χ1v) is 8.09. The molecule has 132 valence electrons. The summed E-state index contributed by atoms with van der Waals surface area (Å²) in [6.45, 7) is 5.28. The highest BCUT2D eigenvalue weighted by Gasteiger charge is 2.33. The summed E-state index contributed by atoms with van der Waals surface area (Å²) in [5, 5.41) is 2.68. The topological polar surface area (TPSA) is 55.4 Å². The average Bonchev–Trinajstić information content (AvgIpc) is 2.61. The summed E-state index contributed by atoms with van der Waals surface area (Å²) in [6.07, 6.45) is -0.920. The zero-order valence-electron chi connectivity index (χ0n) is 14.6. The van der Waals surface area contributed by atoms with Crippen molar-refractivity contribution in [2.45, 2.75) is 38.8 Å². The van der Waals surface area contributed by atoms with Crippen LogP contribution in [-0.2, 0) is 26.3 Å². The average molecular weight is 343 g/mol. The molecule has 1 amide bonds. The summed E-state index contributed by atoms with van der Waals surface area (Å²) < 4.78 is 18.2. The second kappa shape index (κ2) is 7.92. The third kappa shape index (κ3) is 4.89. The van der Waals surface area contributed by atoms with Gasteiger partial charge in [0, 0.05) is 6.54 Å². The fourth-order valence-corrected chi connectivity index (χ4v) is 2.27. The summed E-state index contributed by atoms with van der Waals surface area (Å²) in [5.41, 5.74) is 0.726. The highest BCUT2D eigenvalue weighted by Crippen LogP contribution is 2.25. The molecule has 2 aromatic carbocycles. The maximum absolute atomic E-state index is 12.9. The standard InChI is InChI=1S/C20H22FNO3/c1-14(18(23)22-13-15-9-11-17(21)12-10-15)25-19(24)20(2,3)16-7-5-4-6-8-16/h4-12,14H,13H2,1-3H3,(H,22,23)/t14-/m1/s1. The first-order valence-electron chi connectivity index (χ1n) is 8.09. The van der Waals surface area contributed by atoms with E-state index >= 15 is 0 Å². The van der Waals surface area contributed by atoms with Gasteiger partial charge in [0.15, 0.2) is 6.10 Å². The molecule has 0 aromatic heterocycles. The van der Waals surface area contributed by atoms with Gasteiger partial charge in [-0.15, -0.1) is 0 Å². The molecule has 5 heteroatoms. The number of rotatable bonds is 6. The number of carbonyl (C=O) groups is 2. The van der Waals surface area contributed by atoms with Crippen molar-refractivity contribution in [2.75, 3.05) is 0 Å². The van der Waals surface area contributed by atoms with Crippen LogP contribution < -0.4 is 5.32 Å². The molecule has 0 aliphatic rings. The van der Waals surface area contributed by atoms with E-state index in [1.165, 1.54) is 19.1 Å². The van der Waals surface area contributed by atoms with E-state index in [1.54, 1.807) is 26.0 Å². The van der Waals surface area contributed by atoms with Crippen molar-refractivity contribution >= 4 is 11.9 Å². The minimum atomic E-state index is -0.920. The van der Waals surface area contributed by atoms with Gasteiger partial charge in [0.05, 0.1) is 5.41 Å². The fourth-order valence-electron chi connectivity index (χ4n) is 2.27. The normalized spacial score (nSPS) is 12.3. The molecule has 0 radical (unpaired) electrons. The van der Waals surface area contributed by atoms with Gasteiger partial charge in [0.2, 0.25) is 0 Å². The van der Waals surface area contributed by atoms with Crippen LogP contribution in [0.4, 0.5) is 4.39 Å². The van der Waals surface area contributed by atoms with E-state index in [4.69, 9.17) is 4.74 Å². The highest BCUT2D eigenvalue weighted by molar-refractivity contribution is 5.87. The Morgan fingerprint density at radius 1 is 1.08 bits per heavy atom. The molecule has 4 nitrogen and oxygen atoms in total. The van der Waals surface area contributed by atoms with E-state index in [2.05, 4.69) is 5.32 Å². The molecule has 0 spiro atoms. The molecule has 0 saturated heterocycles. The second-order valence-corrected chi connectivity index (χ2v) is 6.38. The van der Waals surface area contributed by atoms with Gasteiger partial charge in [-0.2, -0.15) is 0 Å². The molecule has 0 bridgehead atoms. The number of amides is 1. The van der Waals surface area contributed by atoms with E-state index in [0.29, 0.717) is 0 Å². The lowest BCUT2D eigenvalue weighted by atomic mass is 9.85. The Kier molecular flexibility index (Phi) is 5.91. The number of nitrogens with one attached hydrogen (secondary N) is 1. The SMILES string of the molecule is C[C@@H](OC(=O)C(C)(C)c1ccccc1)C(=O)NCc1ccc(F)cc1. The largest absolute Gasteiger partial charge is 0.452 e. The van der Waals surface area contributed by atoms with Crippen molar-refractivity contribution in [3.63, 3.8) is 0 Å². The quantitative estimate of drug-likeness (QED) is 0.819. The van der Waals surface area contributed by atoms with Crippen LogP contribution in [0.15, 0.2) is 54.6 Å². The maximum Gasteiger partial charge on any atom is 0.316 e. The third-order valence-electron chi connectivity index (χ3n) is 4.04. The van der Waals surface area contributed by atoms with Crippen LogP contribution in [0.2, 0.25) is 0 Å². The number of benzene rings is 2. The van der Waals surface area contributed by atoms with Crippen LogP contribution in [0.1, 0.15) is 31.9 Å². The number of esters is 1. The Morgan fingerprint density at radius 2 is 1.68 bits per heavy atom. The predicted octanol–water partition coefficient (Wildman–Crippen LogP) is 3.35. The molecule has 1 atom stereocenters. The lowest BCUT2D eigenvalue weighted by Crippen LogP contribution is -2.40. The van der Waals surface area contributed by atoms with Gasteiger partial charge in [0.1, 0.15) is 5.82 Å². The molecule has 0 heterocycles. The summed E-state index contributed by atoms with van der Waals surface area (Å²) in [5.74, 6) is -1.20. The van der Waals surface area contributed by atoms with Gasteiger partial charge in [-0.05, 0) is 44.0 Å². The van der Waals surface area contributed by atoms with Crippen molar-refractivity contribution in [1.82, 2.24) is 5.32 Å². The molecular formula is C20H22FNO3. The molecular weight excluding hydrogens is 321 g/mol. The highest BCUT2D eigenvalue weighted by atomic mass is 19.1. The number of ether oxygens (including phenoxy) is 1.